The number of hydrogen-bond acceptors (Lipinski definition) is 7. The van der Waals surface area contributed by atoms with Gasteiger partial charge < -0.3 is 23.7 Å². The molecule has 0 radical (unpaired) electrons. The minimum absolute atomic E-state index is 0.0426. The molecule has 0 saturated carbocycles. The van der Waals surface area contributed by atoms with Crippen LogP contribution in [0.1, 0.15) is 77.0 Å². The molecule has 0 spiro atoms. The number of ether oxygens (including phenoxy) is 5. The van der Waals surface area contributed by atoms with Gasteiger partial charge in [-0.2, -0.15) is 0 Å². The van der Waals surface area contributed by atoms with Crippen LogP contribution in [-0.2, 0) is 33.3 Å². The van der Waals surface area contributed by atoms with E-state index in [4.69, 9.17) is 18.9 Å². The van der Waals surface area contributed by atoms with Gasteiger partial charge in [-0.15, -0.1) is 0 Å². The second-order valence-electron chi connectivity index (χ2n) is 8.30. The number of Topliss-reactive ketones (excluding diaryl/α,β-unsaturated/α-hetero) is 1. The molecule has 170 valence electrons. The minimum Gasteiger partial charge on any atom is -0.469 e. The maximum absolute atomic E-state index is 13.0. The first-order chi connectivity index (χ1) is 14.7. The number of carbonyl (C=O) groups is 2. The Morgan fingerprint density at radius 3 is 2.27 bits per heavy atom. The Hall–Kier alpha value is -1.28. The Balaban J connectivity index is 1.51. The van der Waals surface area contributed by atoms with E-state index in [-0.39, 0.29) is 24.3 Å². The van der Waals surface area contributed by atoms with E-state index in [0.717, 1.165) is 76.2 Å². The fraction of sp³-hybridized carbons (Fsp3) is 0.826. The summed E-state index contributed by atoms with van der Waals surface area (Å²) in [7, 11) is 1.42. The van der Waals surface area contributed by atoms with Crippen LogP contribution in [0.3, 0.4) is 0 Å². The van der Waals surface area contributed by atoms with Gasteiger partial charge in [-0.25, -0.2) is 0 Å². The highest BCUT2D eigenvalue weighted by Crippen LogP contribution is 2.30. The SMILES string of the molecule is COC(=O)CCCCCCC1=CC(OC2CCCCO2)C(=O)C1OC1CCCCO1. The third-order valence-electron chi connectivity index (χ3n) is 5.93. The number of esters is 1. The molecule has 7 heteroatoms. The summed E-state index contributed by atoms with van der Waals surface area (Å²) in [4.78, 5) is 24.2. The molecule has 2 aliphatic heterocycles. The van der Waals surface area contributed by atoms with E-state index in [2.05, 4.69) is 4.74 Å². The van der Waals surface area contributed by atoms with Gasteiger partial charge in [-0.3, -0.25) is 9.59 Å². The topological polar surface area (TPSA) is 80.3 Å². The third kappa shape index (κ3) is 7.15. The summed E-state index contributed by atoms with van der Waals surface area (Å²) in [5.74, 6) is -0.205. The van der Waals surface area contributed by atoms with E-state index < -0.39 is 12.2 Å². The van der Waals surface area contributed by atoms with E-state index >= 15 is 0 Å². The van der Waals surface area contributed by atoms with Crippen LogP contribution in [0.2, 0.25) is 0 Å². The average molecular weight is 425 g/mol. The third-order valence-corrected chi connectivity index (χ3v) is 5.93. The van der Waals surface area contributed by atoms with Crippen LogP contribution >= 0.6 is 0 Å². The molecular formula is C23H36O7. The van der Waals surface area contributed by atoms with E-state index in [1.54, 1.807) is 0 Å². The van der Waals surface area contributed by atoms with E-state index in [9.17, 15) is 9.59 Å². The molecule has 2 saturated heterocycles. The van der Waals surface area contributed by atoms with Gasteiger partial charge >= 0.3 is 5.97 Å². The van der Waals surface area contributed by atoms with Crippen molar-refractivity contribution >= 4 is 11.8 Å². The molecule has 2 fully saturated rings. The average Bonchev–Trinajstić information content (AvgIpc) is 3.06. The molecule has 4 atom stereocenters. The maximum atomic E-state index is 13.0. The quantitative estimate of drug-likeness (QED) is 0.283. The number of ketones is 1. The first-order valence-corrected chi connectivity index (χ1v) is 11.5. The Kier molecular flexibility index (Phi) is 9.78. The predicted octanol–water partition coefficient (Wildman–Crippen LogP) is 3.83. The first kappa shape index (κ1) is 23.4. The number of unbranched alkanes of at least 4 members (excludes halogenated alkanes) is 3. The molecule has 3 rings (SSSR count). The van der Waals surface area contributed by atoms with Crippen molar-refractivity contribution in [2.24, 2.45) is 0 Å². The van der Waals surface area contributed by atoms with Crippen LogP contribution in [-0.4, -0.2) is 56.9 Å². The van der Waals surface area contributed by atoms with E-state index in [1.807, 2.05) is 6.08 Å². The highest BCUT2D eigenvalue weighted by atomic mass is 16.7. The van der Waals surface area contributed by atoms with Gasteiger partial charge in [-0.05, 0) is 69.4 Å². The number of rotatable bonds is 11. The van der Waals surface area contributed by atoms with Gasteiger partial charge in [0.25, 0.3) is 0 Å². The van der Waals surface area contributed by atoms with Crippen molar-refractivity contribution in [3.05, 3.63) is 11.6 Å². The Morgan fingerprint density at radius 1 is 0.967 bits per heavy atom. The molecule has 0 aromatic carbocycles. The highest BCUT2D eigenvalue weighted by Gasteiger charge is 2.40. The summed E-state index contributed by atoms with van der Waals surface area (Å²) < 4.78 is 28.1. The summed E-state index contributed by atoms with van der Waals surface area (Å²) in [6.45, 7) is 1.37. The number of methoxy groups -OCH3 is 1. The maximum Gasteiger partial charge on any atom is 0.305 e. The molecule has 4 unspecified atom stereocenters. The zero-order valence-electron chi connectivity index (χ0n) is 18.1. The molecule has 30 heavy (non-hydrogen) atoms. The lowest BCUT2D eigenvalue weighted by Gasteiger charge is -2.27. The van der Waals surface area contributed by atoms with Crippen molar-refractivity contribution in [2.45, 2.75) is 102 Å². The van der Waals surface area contributed by atoms with Crippen LogP contribution in [0.15, 0.2) is 11.6 Å². The fourth-order valence-electron chi connectivity index (χ4n) is 4.18. The van der Waals surface area contributed by atoms with Crippen LogP contribution in [0.4, 0.5) is 0 Å². The summed E-state index contributed by atoms with van der Waals surface area (Å²) >= 11 is 0. The zero-order valence-corrected chi connectivity index (χ0v) is 18.1. The molecule has 0 aromatic rings. The Morgan fingerprint density at radius 2 is 1.63 bits per heavy atom. The van der Waals surface area contributed by atoms with Crippen LogP contribution in [0, 0.1) is 0 Å². The van der Waals surface area contributed by atoms with Crippen molar-refractivity contribution in [3.63, 3.8) is 0 Å². The van der Waals surface area contributed by atoms with Gasteiger partial charge in [0.15, 0.2) is 18.4 Å². The molecule has 0 bridgehead atoms. The van der Waals surface area contributed by atoms with E-state index in [0.29, 0.717) is 19.6 Å². The smallest absolute Gasteiger partial charge is 0.305 e. The Bertz CT molecular complexity index is 576. The van der Waals surface area contributed by atoms with Crippen LogP contribution in [0.25, 0.3) is 0 Å². The molecule has 0 N–H and O–H groups in total. The predicted molar refractivity (Wildman–Crippen MR) is 110 cm³/mol. The summed E-state index contributed by atoms with van der Waals surface area (Å²) in [5, 5.41) is 0. The van der Waals surface area contributed by atoms with Gasteiger partial charge in [-0.1, -0.05) is 12.8 Å². The van der Waals surface area contributed by atoms with E-state index in [1.165, 1.54) is 7.11 Å². The highest BCUT2D eigenvalue weighted by molar-refractivity contribution is 5.95. The van der Waals surface area contributed by atoms with Gasteiger partial charge in [0, 0.05) is 19.6 Å². The molecule has 0 aromatic heterocycles. The molecular weight excluding hydrogens is 388 g/mol. The van der Waals surface area contributed by atoms with Crippen LogP contribution in [0.5, 0.6) is 0 Å². The molecule has 2 heterocycles. The second-order valence-corrected chi connectivity index (χ2v) is 8.30. The normalized spacial score (nSPS) is 29.6. The first-order valence-electron chi connectivity index (χ1n) is 11.5. The monoisotopic (exact) mass is 424 g/mol. The fourth-order valence-corrected chi connectivity index (χ4v) is 4.18. The van der Waals surface area contributed by atoms with Crippen molar-refractivity contribution in [3.8, 4) is 0 Å². The second kappa shape index (κ2) is 12.5. The molecule has 1 aliphatic carbocycles. The Labute approximate surface area is 179 Å². The van der Waals surface area contributed by atoms with Crippen molar-refractivity contribution in [2.75, 3.05) is 20.3 Å². The summed E-state index contributed by atoms with van der Waals surface area (Å²) in [5.41, 5.74) is 0.989. The minimum atomic E-state index is -0.601. The summed E-state index contributed by atoms with van der Waals surface area (Å²) in [6, 6.07) is 0. The lowest BCUT2D eigenvalue weighted by molar-refractivity contribution is -0.199. The van der Waals surface area contributed by atoms with Gasteiger partial charge in [0.1, 0.15) is 12.2 Å². The molecule has 0 amide bonds. The van der Waals surface area contributed by atoms with Crippen LogP contribution < -0.4 is 0 Å². The van der Waals surface area contributed by atoms with Crippen molar-refractivity contribution < 1.29 is 33.3 Å². The van der Waals surface area contributed by atoms with Crippen molar-refractivity contribution in [1.29, 1.82) is 0 Å². The molecule has 3 aliphatic rings. The van der Waals surface area contributed by atoms with Gasteiger partial charge in [0.2, 0.25) is 0 Å². The molecule has 7 nitrogen and oxygen atoms in total. The zero-order chi connectivity index (χ0) is 21.2. The largest absolute Gasteiger partial charge is 0.469 e. The summed E-state index contributed by atoms with van der Waals surface area (Å²) in [6.07, 6.45) is 10.9. The lowest BCUT2D eigenvalue weighted by atomic mass is 10.0. The number of carbonyl (C=O) groups excluding carboxylic acids is 2. The van der Waals surface area contributed by atoms with Crippen molar-refractivity contribution in [1.82, 2.24) is 0 Å². The van der Waals surface area contributed by atoms with Gasteiger partial charge in [0.05, 0.1) is 7.11 Å². The lowest BCUT2D eigenvalue weighted by Crippen LogP contribution is -2.37. The number of hydrogen-bond donors (Lipinski definition) is 0. The standard InChI is InChI=1S/C23H36O7/c1-26-19(24)11-5-3-2-4-10-17-16-18(29-20-12-6-8-14-27-20)22(25)23(17)30-21-13-7-9-15-28-21/h16,18,20-21,23H,2-15H2,1H3.